The van der Waals surface area contributed by atoms with Gasteiger partial charge in [-0.2, -0.15) is 0 Å². The third-order valence-electron chi connectivity index (χ3n) is 2.06. The van der Waals surface area contributed by atoms with Crippen molar-refractivity contribution in [2.45, 2.75) is 29.9 Å². The van der Waals surface area contributed by atoms with Crippen molar-refractivity contribution >= 4 is 23.4 Å². The molecule has 0 fully saturated rings. The average molecular weight is 270 g/mol. The predicted molar refractivity (Wildman–Crippen MR) is 66.2 cm³/mol. The van der Waals surface area contributed by atoms with E-state index in [-0.39, 0.29) is 0 Å². The summed E-state index contributed by atoms with van der Waals surface area (Å²) in [5, 5.41) is 9.85. The van der Waals surface area contributed by atoms with E-state index >= 15 is 0 Å². The fraction of sp³-hybridized carbons (Fsp3) is 0.400. The van der Waals surface area contributed by atoms with Gasteiger partial charge in [0.2, 0.25) is 0 Å². The van der Waals surface area contributed by atoms with Gasteiger partial charge in [0.25, 0.3) is 0 Å². The lowest BCUT2D eigenvalue weighted by atomic mass is 10.3. The van der Waals surface area contributed by atoms with Crippen LogP contribution in [0.5, 0.6) is 0 Å². The maximum absolute atomic E-state index is 5.96. The Kier molecular flexibility index (Phi) is 3.96. The SMILES string of the molecule is CCCc1nc(Cl)cc(Sc2nncn2C)n1. The number of rotatable bonds is 4. The summed E-state index contributed by atoms with van der Waals surface area (Å²) in [5.74, 6) is 0.768. The van der Waals surface area contributed by atoms with Crippen LogP contribution in [-0.4, -0.2) is 24.7 Å². The van der Waals surface area contributed by atoms with Crippen LogP contribution < -0.4 is 0 Å². The third-order valence-corrected chi connectivity index (χ3v) is 3.22. The van der Waals surface area contributed by atoms with Crippen molar-refractivity contribution in [2.24, 2.45) is 7.05 Å². The smallest absolute Gasteiger partial charge is 0.197 e. The van der Waals surface area contributed by atoms with E-state index < -0.39 is 0 Å². The molecule has 0 atom stereocenters. The summed E-state index contributed by atoms with van der Waals surface area (Å²) in [5.41, 5.74) is 0. The molecule has 0 saturated carbocycles. The number of hydrogen-bond acceptors (Lipinski definition) is 5. The zero-order chi connectivity index (χ0) is 12.3. The molecule has 2 rings (SSSR count). The van der Waals surface area contributed by atoms with Crippen LogP contribution >= 0.6 is 23.4 Å². The summed E-state index contributed by atoms with van der Waals surface area (Å²) in [4.78, 5) is 8.60. The van der Waals surface area contributed by atoms with Crippen LogP contribution in [0.25, 0.3) is 0 Å². The number of aryl methyl sites for hydroxylation is 2. The summed E-state index contributed by atoms with van der Waals surface area (Å²) >= 11 is 7.39. The van der Waals surface area contributed by atoms with Crippen molar-refractivity contribution < 1.29 is 0 Å². The Morgan fingerprint density at radius 2 is 2.24 bits per heavy atom. The first-order valence-corrected chi connectivity index (χ1v) is 6.43. The Balaban J connectivity index is 2.23. The van der Waals surface area contributed by atoms with E-state index in [2.05, 4.69) is 27.1 Å². The van der Waals surface area contributed by atoms with Crippen molar-refractivity contribution in [1.29, 1.82) is 0 Å². The lowest BCUT2D eigenvalue weighted by molar-refractivity contribution is 0.780. The minimum atomic E-state index is 0.466. The Morgan fingerprint density at radius 1 is 1.41 bits per heavy atom. The molecule has 0 amide bonds. The Hall–Kier alpha value is -1.14. The minimum absolute atomic E-state index is 0.466. The first kappa shape index (κ1) is 12.3. The number of nitrogens with zero attached hydrogens (tertiary/aromatic N) is 5. The van der Waals surface area contributed by atoms with E-state index in [9.17, 15) is 0 Å². The molecule has 5 nitrogen and oxygen atoms in total. The monoisotopic (exact) mass is 269 g/mol. The predicted octanol–water partition coefficient (Wildman–Crippen LogP) is 2.36. The second-order valence-electron chi connectivity index (χ2n) is 3.52. The molecule has 0 radical (unpaired) electrons. The highest BCUT2D eigenvalue weighted by atomic mass is 35.5. The summed E-state index contributed by atoms with van der Waals surface area (Å²) in [6, 6.07) is 1.74. The van der Waals surface area contributed by atoms with Crippen LogP contribution in [0.1, 0.15) is 19.2 Å². The van der Waals surface area contributed by atoms with Crippen molar-refractivity contribution in [3.8, 4) is 0 Å². The zero-order valence-corrected chi connectivity index (χ0v) is 11.2. The molecule has 0 aromatic carbocycles. The minimum Gasteiger partial charge on any atom is -0.311 e. The molecule has 2 aromatic heterocycles. The summed E-state index contributed by atoms with van der Waals surface area (Å²) in [7, 11) is 1.89. The van der Waals surface area contributed by atoms with E-state index in [1.165, 1.54) is 11.8 Å². The highest BCUT2D eigenvalue weighted by Crippen LogP contribution is 2.25. The second-order valence-corrected chi connectivity index (χ2v) is 4.90. The molecule has 0 aliphatic carbocycles. The van der Waals surface area contributed by atoms with E-state index in [4.69, 9.17) is 11.6 Å². The second kappa shape index (κ2) is 5.46. The number of aromatic nitrogens is 5. The summed E-state index contributed by atoms with van der Waals surface area (Å²) < 4.78 is 1.83. The summed E-state index contributed by atoms with van der Waals surface area (Å²) in [6.45, 7) is 2.08. The van der Waals surface area contributed by atoms with Gasteiger partial charge < -0.3 is 4.57 Å². The van der Waals surface area contributed by atoms with Gasteiger partial charge in [-0.3, -0.25) is 0 Å². The molecule has 0 unspecified atom stereocenters. The molecular weight excluding hydrogens is 258 g/mol. The van der Waals surface area contributed by atoms with Crippen molar-refractivity contribution in [2.75, 3.05) is 0 Å². The van der Waals surface area contributed by atoms with Crippen LogP contribution in [0, 0.1) is 0 Å². The van der Waals surface area contributed by atoms with Gasteiger partial charge in [-0.1, -0.05) is 18.5 Å². The molecule has 0 aliphatic rings. The first-order chi connectivity index (χ1) is 8.19. The van der Waals surface area contributed by atoms with Gasteiger partial charge >= 0.3 is 0 Å². The van der Waals surface area contributed by atoms with Gasteiger partial charge in [-0.05, 0) is 18.2 Å². The molecule has 2 heterocycles. The highest BCUT2D eigenvalue weighted by molar-refractivity contribution is 7.99. The Labute approximate surface area is 109 Å². The average Bonchev–Trinajstić information content (AvgIpc) is 2.64. The number of halogens is 1. The molecule has 0 aliphatic heterocycles. The molecule has 2 aromatic rings. The fourth-order valence-corrected chi connectivity index (χ4v) is 2.34. The van der Waals surface area contributed by atoms with Crippen LogP contribution in [-0.2, 0) is 13.5 Å². The van der Waals surface area contributed by atoms with Crippen LogP contribution in [0.4, 0.5) is 0 Å². The van der Waals surface area contributed by atoms with Crippen LogP contribution in [0.3, 0.4) is 0 Å². The lowest BCUT2D eigenvalue weighted by Crippen LogP contribution is -1.97. The molecular formula is C10H12ClN5S. The standard InChI is InChI=1S/C10H12ClN5S/c1-3-4-8-13-7(11)5-9(14-8)17-10-15-12-6-16(10)2/h5-6H,3-4H2,1-2H3. The van der Waals surface area contributed by atoms with Crippen molar-refractivity contribution in [1.82, 2.24) is 24.7 Å². The molecule has 0 spiro atoms. The van der Waals surface area contributed by atoms with Gasteiger partial charge in [0, 0.05) is 19.5 Å². The molecule has 17 heavy (non-hydrogen) atoms. The van der Waals surface area contributed by atoms with Gasteiger partial charge in [0.15, 0.2) is 5.16 Å². The molecule has 0 saturated heterocycles. The summed E-state index contributed by atoms with van der Waals surface area (Å²) in [6.07, 6.45) is 3.47. The molecule has 0 bridgehead atoms. The van der Waals surface area contributed by atoms with Gasteiger partial charge in [0.1, 0.15) is 22.3 Å². The van der Waals surface area contributed by atoms with Gasteiger partial charge in [-0.25, -0.2) is 9.97 Å². The third kappa shape index (κ3) is 3.17. The topological polar surface area (TPSA) is 56.5 Å². The van der Waals surface area contributed by atoms with Crippen molar-refractivity contribution in [3.63, 3.8) is 0 Å². The largest absolute Gasteiger partial charge is 0.311 e. The highest BCUT2D eigenvalue weighted by Gasteiger charge is 2.08. The van der Waals surface area contributed by atoms with E-state index in [1.54, 1.807) is 12.4 Å². The normalized spacial score (nSPS) is 10.8. The maximum atomic E-state index is 5.96. The van der Waals surface area contributed by atoms with Gasteiger partial charge in [-0.15, -0.1) is 10.2 Å². The molecule has 0 N–H and O–H groups in total. The van der Waals surface area contributed by atoms with Gasteiger partial charge in [0.05, 0.1) is 0 Å². The maximum Gasteiger partial charge on any atom is 0.197 e. The van der Waals surface area contributed by atoms with E-state index in [0.717, 1.165) is 28.8 Å². The zero-order valence-electron chi connectivity index (χ0n) is 9.59. The van der Waals surface area contributed by atoms with E-state index in [0.29, 0.717) is 5.15 Å². The quantitative estimate of drug-likeness (QED) is 0.798. The van der Waals surface area contributed by atoms with Crippen LogP contribution in [0.2, 0.25) is 5.15 Å². The van der Waals surface area contributed by atoms with E-state index in [1.807, 2.05) is 11.6 Å². The lowest BCUT2D eigenvalue weighted by Gasteiger charge is -2.03. The van der Waals surface area contributed by atoms with Crippen molar-refractivity contribution in [3.05, 3.63) is 23.4 Å². The number of hydrogen-bond donors (Lipinski definition) is 0. The fourth-order valence-electron chi connectivity index (χ4n) is 1.29. The van der Waals surface area contributed by atoms with Crippen LogP contribution in [0.15, 0.2) is 22.6 Å². The molecule has 7 heteroatoms. The Bertz CT molecular complexity index is 513. The first-order valence-electron chi connectivity index (χ1n) is 5.24. The molecule has 90 valence electrons. The Morgan fingerprint density at radius 3 is 2.88 bits per heavy atom.